The quantitative estimate of drug-likeness (QED) is 0.683. The molecule has 0 bridgehead atoms. The Morgan fingerprint density at radius 2 is 1.69 bits per heavy atom. The molecule has 166 valence electrons. The summed E-state index contributed by atoms with van der Waals surface area (Å²) >= 11 is 0. The molecule has 0 radical (unpaired) electrons. The minimum atomic E-state index is -0.0893. The van der Waals surface area contributed by atoms with Gasteiger partial charge in [-0.1, -0.05) is 0 Å². The Bertz CT molecular complexity index is 1100. The van der Waals surface area contributed by atoms with Crippen molar-refractivity contribution in [1.82, 2.24) is 24.8 Å². The van der Waals surface area contributed by atoms with Crippen LogP contribution in [0.15, 0.2) is 43.0 Å². The minimum absolute atomic E-state index is 0.0893. The molecule has 6 rings (SSSR count). The molecule has 1 saturated carbocycles. The van der Waals surface area contributed by atoms with E-state index in [1.54, 1.807) is 12.4 Å². The molecular weight excluding hydrogens is 400 g/mol. The molecule has 5 heterocycles. The summed E-state index contributed by atoms with van der Waals surface area (Å²) < 4.78 is 0. The van der Waals surface area contributed by atoms with Crippen LogP contribution >= 0.6 is 0 Å². The Labute approximate surface area is 188 Å². The monoisotopic (exact) mass is 430 g/mol. The second kappa shape index (κ2) is 8.05. The maximum absolute atomic E-state index is 9.96. The van der Waals surface area contributed by atoms with Gasteiger partial charge in [0.1, 0.15) is 5.82 Å². The number of pyridine rings is 2. The van der Waals surface area contributed by atoms with E-state index >= 15 is 0 Å². The molecule has 1 spiro atoms. The number of anilines is 1. The standard InChI is InChI=1S/C25H30N6O/c32-20-2-1-19(15-20)31-14-8-25(17-31)6-12-30(13-7-25)24-21-5-11-27-16-22(21)28-23(29-24)18-3-9-26-10-4-18/h3-5,9-11,16,19-20,32H,1-2,6-8,12-15,17H2/t19-,20+/m0/s1. The first-order valence-electron chi connectivity index (χ1n) is 11.9. The van der Waals surface area contributed by atoms with Gasteiger partial charge >= 0.3 is 0 Å². The van der Waals surface area contributed by atoms with Gasteiger partial charge in [0, 0.05) is 55.2 Å². The summed E-state index contributed by atoms with van der Waals surface area (Å²) in [5.41, 5.74) is 2.28. The van der Waals surface area contributed by atoms with E-state index in [0.29, 0.717) is 11.5 Å². The summed E-state index contributed by atoms with van der Waals surface area (Å²) in [6.45, 7) is 4.41. The van der Waals surface area contributed by atoms with Crippen molar-refractivity contribution in [1.29, 1.82) is 0 Å². The number of aliphatic hydroxyl groups excluding tert-OH is 1. The van der Waals surface area contributed by atoms with E-state index in [2.05, 4.69) is 19.8 Å². The van der Waals surface area contributed by atoms with E-state index in [9.17, 15) is 5.11 Å². The highest BCUT2D eigenvalue weighted by molar-refractivity contribution is 5.90. The number of hydrogen-bond donors (Lipinski definition) is 1. The average Bonchev–Trinajstić information content (AvgIpc) is 3.46. The topological polar surface area (TPSA) is 78.3 Å². The molecule has 0 unspecified atom stereocenters. The number of rotatable bonds is 3. The van der Waals surface area contributed by atoms with E-state index in [-0.39, 0.29) is 6.10 Å². The summed E-state index contributed by atoms with van der Waals surface area (Å²) in [4.78, 5) is 23.3. The van der Waals surface area contributed by atoms with Gasteiger partial charge < -0.3 is 10.0 Å². The molecule has 7 nitrogen and oxygen atoms in total. The highest BCUT2D eigenvalue weighted by atomic mass is 16.3. The first kappa shape index (κ1) is 20.0. The summed E-state index contributed by atoms with van der Waals surface area (Å²) in [5.74, 6) is 1.75. The summed E-state index contributed by atoms with van der Waals surface area (Å²) in [6, 6.07) is 6.54. The molecule has 32 heavy (non-hydrogen) atoms. The predicted molar refractivity (Wildman–Crippen MR) is 124 cm³/mol. The second-order valence-corrected chi connectivity index (χ2v) is 9.83. The number of nitrogens with zero attached hydrogens (tertiary/aromatic N) is 6. The van der Waals surface area contributed by atoms with Crippen LogP contribution in [-0.4, -0.2) is 68.3 Å². The molecular formula is C25H30N6O. The lowest BCUT2D eigenvalue weighted by Crippen LogP contribution is -2.43. The van der Waals surface area contributed by atoms with Crippen LogP contribution in [0.4, 0.5) is 5.82 Å². The second-order valence-electron chi connectivity index (χ2n) is 9.83. The molecule has 3 fully saturated rings. The normalized spacial score (nSPS) is 25.7. The van der Waals surface area contributed by atoms with Crippen LogP contribution in [0.2, 0.25) is 0 Å². The van der Waals surface area contributed by atoms with Gasteiger partial charge in [0.25, 0.3) is 0 Å². The van der Waals surface area contributed by atoms with Crippen molar-refractivity contribution in [2.75, 3.05) is 31.1 Å². The fourth-order valence-electron chi connectivity index (χ4n) is 5.98. The van der Waals surface area contributed by atoms with Crippen molar-refractivity contribution < 1.29 is 5.11 Å². The van der Waals surface area contributed by atoms with Gasteiger partial charge in [0.05, 0.1) is 17.8 Å². The Balaban J connectivity index is 1.23. The molecule has 2 atom stereocenters. The van der Waals surface area contributed by atoms with Crippen LogP contribution in [0.25, 0.3) is 22.3 Å². The summed E-state index contributed by atoms with van der Waals surface area (Å²) in [6.07, 6.45) is 13.9. The summed E-state index contributed by atoms with van der Waals surface area (Å²) in [5, 5.41) is 11.0. The van der Waals surface area contributed by atoms with Crippen LogP contribution in [-0.2, 0) is 0 Å². The van der Waals surface area contributed by atoms with Crippen molar-refractivity contribution in [3.8, 4) is 11.4 Å². The van der Waals surface area contributed by atoms with E-state index in [1.807, 2.05) is 30.6 Å². The molecule has 0 aromatic carbocycles. The maximum atomic E-state index is 9.96. The fraction of sp³-hybridized carbons (Fsp3) is 0.520. The van der Waals surface area contributed by atoms with Gasteiger partial charge in [-0.05, 0) is 68.7 Å². The Morgan fingerprint density at radius 3 is 2.47 bits per heavy atom. The third-order valence-corrected chi connectivity index (χ3v) is 7.90. The Hall–Kier alpha value is -2.64. The number of likely N-dealkylation sites (tertiary alicyclic amines) is 1. The number of piperidine rings is 1. The SMILES string of the molecule is O[C@@H]1CC[C@H](N2CCC3(CCN(c4nc(-c5ccncc5)nc5cnccc45)CC3)C2)C1. The van der Waals surface area contributed by atoms with Crippen molar-refractivity contribution >= 4 is 16.7 Å². The zero-order valence-corrected chi connectivity index (χ0v) is 18.4. The Morgan fingerprint density at radius 1 is 0.906 bits per heavy atom. The zero-order valence-electron chi connectivity index (χ0n) is 18.4. The highest BCUT2D eigenvalue weighted by Crippen LogP contribution is 2.44. The number of fused-ring (bicyclic) bond motifs is 1. The largest absolute Gasteiger partial charge is 0.393 e. The smallest absolute Gasteiger partial charge is 0.162 e. The molecule has 3 aromatic rings. The number of aliphatic hydroxyl groups is 1. The molecule has 3 aromatic heterocycles. The fourth-order valence-corrected chi connectivity index (χ4v) is 5.98. The number of hydrogen-bond acceptors (Lipinski definition) is 7. The third-order valence-electron chi connectivity index (χ3n) is 7.90. The van der Waals surface area contributed by atoms with Gasteiger partial charge in [0.2, 0.25) is 0 Å². The van der Waals surface area contributed by atoms with Gasteiger partial charge in [-0.3, -0.25) is 14.9 Å². The third kappa shape index (κ3) is 3.63. The van der Waals surface area contributed by atoms with Crippen LogP contribution < -0.4 is 4.90 Å². The van der Waals surface area contributed by atoms with Crippen LogP contribution in [0.3, 0.4) is 0 Å². The van der Waals surface area contributed by atoms with E-state index in [4.69, 9.17) is 9.97 Å². The lowest BCUT2D eigenvalue weighted by atomic mass is 9.77. The van der Waals surface area contributed by atoms with Gasteiger partial charge in [-0.25, -0.2) is 9.97 Å². The highest BCUT2D eigenvalue weighted by Gasteiger charge is 2.43. The zero-order chi connectivity index (χ0) is 21.5. The molecule has 0 amide bonds. The van der Waals surface area contributed by atoms with Crippen molar-refractivity contribution in [3.63, 3.8) is 0 Å². The van der Waals surface area contributed by atoms with E-state index < -0.39 is 0 Å². The minimum Gasteiger partial charge on any atom is -0.393 e. The number of aromatic nitrogens is 4. The van der Waals surface area contributed by atoms with Gasteiger partial charge in [-0.2, -0.15) is 0 Å². The summed E-state index contributed by atoms with van der Waals surface area (Å²) in [7, 11) is 0. The van der Waals surface area contributed by atoms with E-state index in [0.717, 1.165) is 60.5 Å². The lowest BCUT2D eigenvalue weighted by Gasteiger charge is -2.40. The molecule has 3 aliphatic rings. The van der Waals surface area contributed by atoms with E-state index in [1.165, 1.54) is 32.4 Å². The first-order valence-corrected chi connectivity index (χ1v) is 11.9. The van der Waals surface area contributed by atoms with Gasteiger partial charge in [-0.15, -0.1) is 0 Å². The predicted octanol–water partition coefficient (Wildman–Crippen LogP) is 3.29. The van der Waals surface area contributed by atoms with Crippen LogP contribution in [0, 0.1) is 5.41 Å². The van der Waals surface area contributed by atoms with Crippen LogP contribution in [0.5, 0.6) is 0 Å². The first-order chi connectivity index (χ1) is 15.7. The van der Waals surface area contributed by atoms with Crippen molar-refractivity contribution in [2.24, 2.45) is 5.41 Å². The van der Waals surface area contributed by atoms with Gasteiger partial charge in [0.15, 0.2) is 5.82 Å². The molecule has 7 heteroatoms. The molecule has 1 aliphatic carbocycles. The average molecular weight is 431 g/mol. The van der Waals surface area contributed by atoms with Crippen molar-refractivity contribution in [2.45, 2.75) is 50.7 Å². The maximum Gasteiger partial charge on any atom is 0.162 e. The molecule has 2 aliphatic heterocycles. The molecule has 2 saturated heterocycles. The Kier molecular flexibility index (Phi) is 5.03. The van der Waals surface area contributed by atoms with Crippen molar-refractivity contribution in [3.05, 3.63) is 43.0 Å². The van der Waals surface area contributed by atoms with Crippen LogP contribution in [0.1, 0.15) is 38.5 Å². The molecule has 1 N–H and O–H groups in total. The lowest BCUT2D eigenvalue weighted by molar-refractivity contribution is 0.148.